The maximum Gasteiger partial charge on any atom is 0.253 e. The molecule has 1 aromatic carbocycles. The van der Waals surface area contributed by atoms with Crippen LogP contribution in [-0.4, -0.2) is 46.7 Å². The van der Waals surface area contributed by atoms with Crippen LogP contribution in [0.25, 0.3) is 0 Å². The monoisotopic (exact) mass is 324 g/mol. The van der Waals surface area contributed by atoms with Gasteiger partial charge in [0, 0.05) is 43.4 Å². The number of pyridine rings is 1. The summed E-state index contributed by atoms with van der Waals surface area (Å²) < 4.78 is 5.49. The summed E-state index contributed by atoms with van der Waals surface area (Å²) in [6.07, 6.45) is 4.63. The van der Waals surface area contributed by atoms with Crippen molar-refractivity contribution in [2.45, 2.75) is 18.9 Å². The standard InChI is InChI=1S/C19H20N2O3/c22-17-12-21(11-16(17)9-13-3-6-20-7-4-13)19(23)15-1-2-18-14(10-15)5-8-24-18/h1-4,6-7,10,16-17,22H,5,8-9,11-12H2/t16-,17-/m1/s1. The van der Waals surface area contributed by atoms with Crippen molar-refractivity contribution in [2.75, 3.05) is 19.7 Å². The molecule has 0 spiro atoms. The maximum atomic E-state index is 12.8. The number of ether oxygens (including phenoxy) is 1. The zero-order chi connectivity index (χ0) is 16.5. The summed E-state index contributed by atoms with van der Waals surface area (Å²) in [4.78, 5) is 18.5. The molecule has 0 radical (unpaired) electrons. The first-order valence-electron chi connectivity index (χ1n) is 8.32. The van der Waals surface area contributed by atoms with Gasteiger partial charge in [0.2, 0.25) is 0 Å². The topological polar surface area (TPSA) is 62.7 Å². The zero-order valence-electron chi connectivity index (χ0n) is 13.4. The molecule has 24 heavy (non-hydrogen) atoms. The van der Waals surface area contributed by atoms with Crippen molar-refractivity contribution < 1.29 is 14.6 Å². The fourth-order valence-electron chi connectivity index (χ4n) is 3.54. The number of likely N-dealkylation sites (tertiary alicyclic amines) is 1. The van der Waals surface area contributed by atoms with Crippen molar-refractivity contribution in [3.63, 3.8) is 0 Å². The van der Waals surface area contributed by atoms with E-state index < -0.39 is 6.10 Å². The lowest BCUT2D eigenvalue weighted by atomic mass is 9.97. The zero-order valence-corrected chi connectivity index (χ0v) is 13.4. The second-order valence-corrected chi connectivity index (χ2v) is 6.52. The summed E-state index contributed by atoms with van der Waals surface area (Å²) in [5.41, 5.74) is 2.91. The number of hydrogen-bond donors (Lipinski definition) is 1. The van der Waals surface area contributed by atoms with E-state index in [9.17, 15) is 9.90 Å². The van der Waals surface area contributed by atoms with Gasteiger partial charge in [-0.3, -0.25) is 9.78 Å². The van der Waals surface area contributed by atoms with E-state index in [0.717, 1.165) is 29.7 Å². The van der Waals surface area contributed by atoms with Crippen LogP contribution in [0.3, 0.4) is 0 Å². The minimum atomic E-state index is -0.486. The molecule has 1 fully saturated rings. The van der Waals surface area contributed by atoms with Crippen LogP contribution in [-0.2, 0) is 12.8 Å². The van der Waals surface area contributed by atoms with E-state index in [1.165, 1.54) is 0 Å². The van der Waals surface area contributed by atoms with Crippen LogP contribution < -0.4 is 4.74 Å². The molecule has 124 valence electrons. The van der Waals surface area contributed by atoms with Crippen molar-refractivity contribution in [3.8, 4) is 5.75 Å². The molecule has 1 amide bonds. The predicted octanol–water partition coefficient (Wildman–Crippen LogP) is 1.69. The first kappa shape index (κ1) is 15.1. The highest BCUT2D eigenvalue weighted by Gasteiger charge is 2.34. The highest BCUT2D eigenvalue weighted by molar-refractivity contribution is 5.95. The summed E-state index contributed by atoms with van der Waals surface area (Å²) in [7, 11) is 0. The normalized spacial score (nSPS) is 22.3. The molecular formula is C19H20N2O3. The number of hydrogen-bond acceptors (Lipinski definition) is 4. The summed E-state index contributed by atoms with van der Waals surface area (Å²) in [6, 6.07) is 9.52. The van der Waals surface area contributed by atoms with E-state index in [1.807, 2.05) is 30.3 Å². The molecule has 3 heterocycles. The molecule has 2 aliphatic rings. The quantitative estimate of drug-likeness (QED) is 0.933. The van der Waals surface area contributed by atoms with Crippen LogP contribution in [0.15, 0.2) is 42.7 Å². The molecule has 0 unspecified atom stereocenters. The third-order valence-electron chi connectivity index (χ3n) is 4.88. The molecule has 2 aromatic rings. The lowest BCUT2D eigenvalue weighted by molar-refractivity contribution is 0.0764. The number of benzene rings is 1. The minimum Gasteiger partial charge on any atom is -0.493 e. The van der Waals surface area contributed by atoms with E-state index in [-0.39, 0.29) is 11.8 Å². The number of β-amino-alcohol motifs (C(OH)–C–C–N with tert-alkyl or cyclic N) is 1. The molecule has 4 rings (SSSR count). The molecule has 0 bridgehead atoms. The average molecular weight is 324 g/mol. The van der Waals surface area contributed by atoms with E-state index in [2.05, 4.69) is 4.98 Å². The van der Waals surface area contributed by atoms with Crippen LogP contribution in [0.4, 0.5) is 0 Å². The van der Waals surface area contributed by atoms with Gasteiger partial charge in [0.25, 0.3) is 5.91 Å². The Kier molecular flexibility index (Phi) is 3.94. The Morgan fingerprint density at radius 3 is 2.92 bits per heavy atom. The van der Waals surface area contributed by atoms with Crippen molar-refractivity contribution in [1.82, 2.24) is 9.88 Å². The third-order valence-corrected chi connectivity index (χ3v) is 4.88. The first-order valence-corrected chi connectivity index (χ1v) is 8.32. The predicted molar refractivity (Wildman–Crippen MR) is 89.0 cm³/mol. The van der Waals surface area contributed by atoms with Gasteiger partial charge in [-0.2, -0.15) is 0 Å². The number of aliphatic hydroxyl groups excluding tert-OH is 1. The average Bonchev–Trinajstić information content (AvgIpc) is 3.21. The van der Waals surface area contributed by atoms with Crippen LogP contribution in [0.1, 0.15) is 21.5 Å². The molecular weight excluding hydrogens is 304 g/mol. The van der Waals surface area contributed by atoms with Crippen molar-refractivity contribution in [1.29, 1.82) is 0 Å². The number of rotatable bonds is 3. The van der Waals surface area contributed by atoms with Crippen molar-refractivity contribution in [3.05, 3.63) is 59.4 Å². The Bertz CT molecular complexity index is 748. The number of aliphatic hydroxyl groups is 1. The number of carbonyl (C=O) groups excluding carboxylic acids is 1. The van der Waals surface area contributed by atoms with Crippen LogP contribution in [0.5, 0.6) is 5.75 Å². The maximum absolute atomic E-state index is 12.8. The second kappa shape index (κ2) is 6.24. The number of fused-ring (bicyclic) bond motifs is 1. The van der Waals surface area contributed by atoms with Gasteiger partial charge in [0.05, 0.1) is 12.7 Å². The lowest BCUT2D eigenvalue weighted by Gasteiger charge is -2.16. The van der Waals surface area contributed by atoms with Crippen molar-refractivity contribution >= 4 is 5.91 Å². The molecule has 5 heteroatoms. The fourth-order valence-corrected chi connectivity index (χ4v) is 3.54. The Morgan fingerprint density at radius 1 is 1.25 bits per heavy atom. The summed E-state index contributed by atoms with van der Waals surface area (Å²) in [5, 5.41) is 10.3. The number of amides is 1. The molecule has 0 saturated carbocycles. The molecule has 2 atom stereocenters. The largest absolute Gasteiger partial charge is 0.493 e. The molecule has 1 saturated heterocycles. The number of nitrogens with zero attached hydrogens (tertiary/aromatic N) is 2. The van der Waals surface area contributed by atoms with Gasteiger partial charge in [-0.05, 0) is 47.9 Å². The fraction of sp³-hybridized carbons (Fsp3) is 0.368. The first-order chi connectivity index (χ1) is 11.7. The van der Waals surface area contributed by atoms with Crippen LogP contribution >= 0.6 is 0 Å². The lowest BCUT2D eigenvalue weighted by Crippen LogP contribution is -2.29. The summed E-state index contributed by atoms with van der Waals surface area (Å²) >= 11 is 0. The summed E-state index contributed by atoms with van der Waals surface area (Å²) in [6.45, 7) is 1.65. The minimum absolute atomic E-state index is 0.0130. The van der Waals surface area contributed by atoms with Crippen molar-refractivity contribution in [2.24, 2.45) is 5.92 Å². The molecule has 1 N–H and O–H groups in total. The van der Waals surface area contributed by atoms with E-state index in [0.29, 0.717) is 25.3 Å². The molecule has 5 nitrogen and oxygen atoms in total. The Hall–Kier alpha value is -2.40. The Balaban J connectivity index is 1.46. The summed E-state index contributed by atoms with van der Waals surface area (Å²) in [5.74, 6) is 0.929. The number of carbonyl (C=O) groups is 1. The molecule has 0 aliphatic carbocycles. The van der Waals surface area contributed by atoms with Gasteiger partial charge < -0.3 is 14.7 Å². The SMILES string of the molecule is O=C(c1ccc2c(c1)CCO2)N1C[C@@H](Cc2ccncc2)[C@H](O)C1. The van der Waals surface area contributed by atoms with E-state index in [1.54, 1.807) is 17.3 Å². The second-order valence-electron chi connectivity index (χ2n) is 6.52. The smallest absolute Gasteiger partial charge is 0.253 e. The Labute approximate surface area is 140 Å². The van der Waals surface area contributed by atoms with E-state index >= 15 is 0 Å². The highest BCUT2D eigenvalue weighted by atomic mass is 16.5. The van der Waals surface area contributed by atoms with Gasteiger partial charge in [0.1, 0.15) is 5.75 Å². The van der Waals surface area contributed by atoms with Gasteiger partial charge in [-0.15, -0.1) is 0 Å². The Morgan fingerprint density at radius 2 is 2.08 bits per heavy atom. The van der Waals surface area contributed by atoms with Crippen LogP contribution in [0, 0.1) is 5.92 Å². The third kappa shape index (κ3) is 2.87. The highest BCUT2D eigenvalue weighted by Crippen LogP contribution is 2.28. The van der Waals surface area contributed by atoms with Crippen LogP contribution in [0.2, 0.25) is 0 Å². The van der Waals surface area contributed by atoms with Gasteiger partial charge in [-0.25, -0.2) is 0 Å². The number of aromatic nitrogens is 1. The van der Waals surface area contributed by atoms with E-state index in [4.69, 9.17) is 4.74 Å². The molecule has 1 aromatic heterocycles. The van der Waals surface area contributed by atoms with Gasteiger partial charge in [-0.1, -0.05) is 0 Å². The molecule has 2 aliphatic heterocycles. The van der Waals surface area contributed by atoms with Gasteiger partial charge in [0.15, 0.2) is 0 Å². The van der Waals surface area contributed by atoms with Gasteiger partial charge >= 0.3 is 0 Å².